The molecule has 1 fully saturated rings. The molecule has 122 valence electrons. The minimum atomic E-state index is -1.84. The van der Waals surface area contributed by atoms with Crippen molar-refractivity contribution in [1.29, 1.82) is 0 Å². The highest BCUT2D eigenvalue weighted by atomic mass is 35.6. The lowest BCUT2D eigenvalue weighted by molar-refractivity contribution is -0.297. The molecule has 0 atom stereocenters. The van der Waals surface area contributed by atoms with Gasteiger partial charge in [0.05, 0.1) is 0 Å². The number of rotatable bonds is 3. The van der Waals surface area contributed by atoms with Crippen LogP contribution in [0.15, 0.2) is 12.2 Å². The van der Waals surface area contributed by atoms with Gasteiger partial charge in [0.15, 0.2) is 0 Å². The fraction of sp³-hybridized carbons (Fsp3) is 0.786. The molecule has 0 N–H and O–H groups in total. The Balaban J connectivity index is 2.92. The Morgan fingerprint density at radius 3 is 1.95 bits per heavy atom. The fourth-order valence-electron chi connectivity index (χ4n) is 2.86. The van der Waals surface area contributed by atoms with E-state index in [0.29, 0.717) is 18.4 Å². The Bertz CT molecular complexity index is 412. The van der Waals surface area contributed by atoms with Crippen LogP contribution in [-0.4, -0.2) is 32.2 Å². The molecular weight excluding hydrogens is 337 g/mol. The molecule has 1 aliphatic heterocycles. The van der Waals surface area contributed by atoms with E-state index in [2.05, 4.69) is 6.58 Å². The first-order valence-corrected chi connectivity index (χ1v) is 7.81. The van der Waals surface area contributed by atoms with Gasteiger partial charge in [0.2, 0.25) is 0 Å². The Labute approximate surface area is 141 Å². The number of halogens is 3. The van der Waals surface area contributed by atoms with Crippen molar-refractivity contribution in [2.24, 2.45) is 0 Å². The SMILES string of the molecule is C=C(C)C(=O)OC1CC(C)(C)N(OC(Cl)(Cl)Cl)C(C)(C)C1. The van der Waals surface area contributed by atoms with E-state index < -0.39 is 15.1 Å². The van der Waals surface area contributed by atoms with Crippen LogP contribution < -0.4 is 0 Å². The Morgan fingerprint density at radius 1 is 1.19 bits per heavy atom. The van der Waals surface area contributed by atoms with Crippen molar-refractivity contribution in [2.75, 3.05) is 0 Å². The van der Waals surface area contributed by atoms with Crippen LogP contribution in [0, 0.1) is 0 Å². The topological polar surface area (TPSA) is 38.8 Å². The third-order valence-electron chi connectivity index (χ3n) is 3.37. The van der Waals surface area contributed by atoms with Crippen molar-refractivity contribution < 1.29 is 14.4 Å². The van der Waals surface area contributed by atoms with Crippen molar-refractivity contribution in [3.8, 4) is 0 Å². The van der Waals surface area contributed by atoms with Gasteiger partial charge >= 0.3 is 9.95 Å². The minimum absolute atomic E-state index is 0.241. The second-order valence-corrected chi connectivity index (χ2v) is 8.85. The number of hydrogen-bond acceptors (Lipinski definition) is 4. The zero-order valence-corrected chi connectivity index (χ0v) is 15.3. The summed E-state index contributed by atoms with van der Waals surface area (Å²) in [7, 11) is 0. The molecule has 0 amide bonds. The summed E-state index contributed by atoms with van der Waals surface area (Å²) in [6.45, 7) is 13.0. The zero-order valence-electron chi connectivity index (χ0n) is 13.0. The van der Waals surface area contributed by atoms with E-state index in [0.717, 1.165) is 0 Å². The predicted octanol–water partition coefficient (Wildman–Crippen LogP) is 4.39. The normalized spacial score (nSPS) is 22.9. The van der Waals surface area contributed by atoms with Crippen molar-refractivity contribution >= 4 is 40.8 Å². The summed E-state index contributed by atoms with van der Waals surface area (Å²) in [5, 5.41) is 1.68. The van der Waals surface area contributed by atoms with E-state index >= 15 is 0 Å². The number of esters is 1. The molecule has 0 bridgehead atoms. The second-order valence-electron chi connectivity index (χ2n) is 6.67. The number of carbonyl (C=O) groups excluding carboxylic acids is 1. The minimum Gasteiger partial charge on any atom is -0.459 e. The second kappa shape index (κ2) is 6.25. The van der Waals surface area contributed by atoms with E-state index in [1.165, 1.54) is 0 Å². The molecule has 0 saturated carbocycles. The lowest BCUT2D eigenvalue weighted by Crippen LogP contribution is -2.63. The van der Waals surface area contributed by atoms with Crippen LogP contribution in [-0.2, 0) is 14.4 Å². The van der Waals surface area contributed by atoms with Gasteiger partial charge in [0, 0.05) is 29.5 Å². The quantitative estimate of drug-likeness (QED) is 0.426. The first kappa shape index (κ1) is 19.0. The summed E-state index contributed by atoms with van der Waals surface area (Å²) in [5.74, 6) is -0.387. The van der Waals surface area contributed by atoms with E-state index in [1.54, 1.807) is 12.0 Å². The summed E-state index contributed by atoms with van der Waals surface area (Å²) in [6, 6.07) is 0. The number of carbonyl (C=O) groups is 1. The monoisotopic (exact) mass is 357 g/mol. The molecule has 0 aromatic carbocycles. The van der Waals surface area contributed by atoms with Crippen LogP contribution in [0.4, 0.5) is 0 Å². The van der Waals surface area contributed by atoms with E-state index in [4.69, 9.17) is 44.4 Å². The average molecular weight is 359 g/mol. The van der Waals surface area contributed by atoms with Gasteiger partial charge in [-0.25, -0.2) is 9.63 Å². The summed E-state index contributed by atoms with van der Waals surface area (Å²) in [5.41, 5.74) is -0.553. The molecule has 21 heavy (non-hydrogen) atoms. The molecular formula is C14H22Cl3NO3. The lowest BCUT2D eigenvalue weighted by Gasteiger charge is -2.53. The van der Waals surface area contributed by atoms with E-state index in [-0.39, 0.29) is 12.1 Å². The number of hydroxylamine groups is 2. The standard InChI is InChI=1S/C14H22Cl3NO3/c1-9(2)11(19)20-10-7-12(3,4)18(13(5,6)8-10)21-14(15,16)17/h10H,1,7-8H2,2-6H3. The summed E-state index contributed by atoms with van der Waals surface area (Å²) >= 11 is 17.3. The Morgan fingerprint density at radius 2 is 1.62 bits per heavy atom. The number of piperidine rings is 1. The fourth-order valence-corrected chi connectivity index (χ4v) is 3.06. The summed E-state index contributed by atoms with van der Waals surface area (Å²) in [6.07, 6.45) is 0.890. The zero-order chi connectivity index (χ0) is 16.6. The van der Waals surface area contributed by atoms with Crippen LogP contribution in [0.25, 0.3) is 0 Å². The first-order chi connectivity index (χ1) is 9.24. The molecule has 0 unspecified atom stereocenters. The highest BCUT2D eigenvalue weighted by molar-refractivity contribution is 6.66. The molecule has 7 heteroatoms. The highest BCUT2D eigenvalue weighted by Crippen LogP contribution is 2.43. The number of alkyl halides is 3. The number of hydrogen-bond donors (Lipinski definition) is 0. The highest BCUT2D eigenvalue weighted by Gasteiger charge is 2.50. The average Bonchev–Trinajstić information content (AvgIpc) is 2.21. The van der Waals surface area contributed by atoms with Gasteiger partial charge in [-0.2, -0.15) is 5.06 Å². The van der Waals surface area contributed by atoms with Crippen LogP contribution in [0.2, 0.25) is 0 Å². The third-order valence-corrected chi connectivity index (χ3v) is 3.58. The van der Waals surface area contributed by atoms with Gasteiger partial charge in [-0.3, -0.25) is 0 Å². The molecule has 4 nitrogen and oxygen atoms in total. The largest absolute Gasteiger partial charge is 0.459 e. The van der Waals surface area contributed by atoms with Gasteiger partial charge in [0.1, 0.15) is 6.10 Å². The molecule has 0 aromatic heterocycles. The molecule has 1 rings (SSSR count). The number of ether oxygens (including phenoxy) is 1. The number of nitrogens with zero attached hydrogens (tertiary/aromatic N) is 1. The van der Waals surface area contributed by atoms with Crippen molar-refractivity contribution in [3.05, 3.63) is 12.2 Å². The smallest absolute Gasteiger partial charge is 0.333 e. The van der Waals surface area contributed by atoms with Crippen molar-refractivity contribution in [2.45, 2.75) is 68.6 Å². The van der Waals surface area contributed by atoms with Crippen LogP contribution >= 0.6 is 34.8 Å². The van der Waals surface area contributed by atoms with Crippen LogP contribution in [0.5, 0.6) is 0 Å². The lowest BCUT2D eigenvalue weighted by atomic mass is 9.80. The molecule has 0 spiro atoms. The van der Waals surface area contributed by atoms with E-state index in [9.17, 15) is 4.79 Å². The van der Waals surface area contributed by atoms with Gasteiger partial charge < -0.3 is 4.74 Å². The third kappa shape index (κ3) is 5.29. The van der Waals surface area contributed by atoms with Gasteiger partial charge in [0.25, 0.3) is 0 Å². The van der Waals surface area contributed by atoms with Crippen molar-refractivity contribution in [3.63, 3.8) is 0 Å². The molecule has 0 radical (unpaired) electrons. The van der Waals surface area contributed by atoms with Gasteiger partial charge in [-0.15, -0.1) is 0 Å². The van der Waals surface area contributed by atoms with Gasteiger partial charge in [-0.1, -0.05) is 41.4 Å². The van der Waals surface area contributed by atoms with Crippen LogP contribution in [0.1, 0.15) is 47.5 Å². The molecule has 1 aliphatic rings. The molecule has 0 aliphatic carbocycles. The van der Waals surface area contributed by atoms with Gasteiger partial charge in [-0.05, 0) is 34.6 Å². The molecule has 1 saturated heterocycles. The molecule has 1 heterocycles. The van der Waals surface area contributed by atoms with Crippen LogP contribution in [0.3, 0.4) is 0 Å². The Kier molecular flexibility index (Phi) is 5.67. The summed E-state index contributed by atoms with van der Waals surface area (Å²) in [4.78, 5) is 17.2. The molecule has 0 aromatic rings. The maximum Gasteiger partial charge on any atom is 0.333 e. The van der Waals surface area contributed by atoms with Crippen molar-refractivity contribution in [1.82, 2.24) is 5.06 Å². The first-order valence-electron chi connectivity index (χ1n) is 6.67. The predicted molar refractivity (Wildman–Crippen MR) is 85.3 cm³/mol. The maximum absolute atomic E-state index is 11.7. The summed E-state index contributed by atoms with van der Waals surface area (Å²) < 4.78 is 3.65. The van der Waals surface area contributed by atoms with E-state index in [1.807, 2.05) is 27.7 Å². The Hall–Kier alpha value is -0.000000000000000111. The maximum atomic E-state index is 11.7.